The van der Waals surface area contributed by atoms with Gasteiger partial charge < -0.3 is 0 Å². The predicted molar refractivity (Wildman–Crippen MR) is 90.6 cm³/mol. The van der Waals surface area contributed by atoms with Crippen LogP contribution in [0.2, 0.25) is 0 Å². The van der Waals surface area contributed by atoms with Gasteiger partial charge in [0.1, 0.15) is 0 Å². The van der Waals surface area contributed by atoms with Crippen LogP contribution in [0.25, 0.3) is 4.96 Å². The van der Waals surface area contributed by atoms with E-state index in [1.807, 2.05) is 0 Å². The highest BCUT2D eigenvalue weighted by molar-refractivity contribution is 7.89. The number of rotatable bonds is 3. The summed E-state index contributed by atoms with van der Waals surface area (Å²) in [5.74, 6) is 0.279. The van der Waals surface area contributed by atoms with E-state index in [4.69, 9.17) is 0 Å². The van der Waals surface area contributed by atoms with Crippen molar-refractivity contribution in [2.75, 3.05) is 0 Å². The maximum atomic E-state index is 12.8. The highest BCUT2D eigenvalue weighted by atomic mass is 32.2. The lowest BCUT2D eigenvalue weighted by molar-refractivity contribution is 0.310. The molecule has 2 aromatic rings. The van der Waals surface area contributed by atoms with Gasteiger partial charge in [0, 0.05) is 17.1 Å². The molecule has 126 valence electrons. The lowest BCUT2D eigenvalue weighted by Gasteiger charge is -2.29. The van der Waals surface area contributed by atoms with Gasteiger partial charge in [0.2, 0.25) is 10.0 Å². The van der Waals surface area contributed by atoms with Crippen molar-refractivity contribution in [2.45, 2.75) is 57.4 Å². The van der Waals surface area contributed by atoms with E-state index < -0.39 is 15.6 Å². The molecule has 1 aliphatic rings. The Balaban J connectivity index is 2.07. The summed E-state index contributed by atoms with van der Waals surface area (Å²) in [6.45, 7) is 5.40. The molecule has 23 heavy (non-hydrogen) atoms. The molecule has 2 atom stereocenters. The first-order chi connectivity index (χ1) is 10.8. The van der Waals surface area contributed by atoms with Gasteiger partial charge in [-0.2, -0.15) is 0 Å². The molecule has 0 spiro atoms. The Morgan fingerprint density at radius 1 is 1.30 bits per heavy atom. The van der Waals surface area contributed by atoms with Crippen LogP contribution in [0.4, 0.5) is 0 Å². The van der Waals surface area contributed by atoms with Gasteiger partial charge >= 0.3 is 0 Å². The summed E-state index contributed by atoms with van der Waals surface area (Å²) in [6, 6.07) is -0.114. The first-order valence-corrected chi connectivity index (χ1v) is 10.2. The highest BCUT2D eigenvalue weighted by Crippen LogP contribution is 2.25. The number of sulfonamides is 1. The molecule has 0 aliphatic heterocycles. The molecule has 0 saturated heterocycles. The van der Waals surface area contributed by atoms with Crippen LogP contribution >= 0.6 is 11.3 Å². The number of nitrogens with one attached hydrogen (secondary N) is 1. The van der Waals surface area contributed by atoms with E-state index in [0.29, 0.717) is 10.7 Å². The maximum absolute atomic E-state index is 12.8. The van der Waals surface area contributed by atoms with Gasteiger partial charge in [0.25, 0.3) is 5.56 Å². The minimum Gasteiger partial charge on any atom is -0.267 e. The van der Waals surface area contributed by atoms with Crippen molar-refractivity contribution in [3.8, 4) is 0 Å². The zero-order valence-electron chi connectivity index (χ0n) is 13.5. The molecule has 3 rings (SSSR count). The number of hydrogen-bond acceptors (Lipinski definition) is 5. The third-order valence-electron chi connectivity index (χ3n) is 4.55. The summed E-state index contributed by atoms with van der Waals surface area (Å²) >= 11 is 1.33. The fourth-order valence-electron chi connectivity index (χ4n) is 3.23. The van der Waals surface area contributed by atoms with Crippen LogP contribution in [0.3, 0.4) is 0 Å². The quantitative estimate of drug-likeness (QED) is 0.915. The molecule has 2 aromatic heterocycles. The molecule has 1 aliphatic carbocycles. The Labute approximate surface area is 139 Å². The van der Waals surface area contributed by atoms with Gasteiger partial charge in [-0.3, -0.25) is 9.20 Å². The minimum absolute atomic E-state index is 0.114. The number of hydrogen-bond donors (Lipinski definition) is 1. The lowest BCUT2D eigenvalue weighted by Crippen LogP contribution is -2.43. The van der Waals surface area contributed by atoms with E-state index >= 15 is 0 Å². The van der Waals surface area contributed by atoms with Crippen LogP contribution in [-0.4, -0.2) is 23.8 Å². The van der Waals surface area contributed by atoms with E-state index in [1.165, 1.54) is 15.7 Å². The molecular formula is C15H21N3O3S2. The zero-order chi connectivity index (χ0) is 16.8. The van der Waals surface area contributed by atoms with Crippen molar-refractivity contribution in [2.24, 2.45) is 5.92 Å². The van der Waals surface area contributed by atoms with Gasteiger partial charge in [-0.15, -0.1) is 11.3 Å². The van der Waals surface area contributed by atoms with Crippen LogP contribution in [0, 0.1) is 19.8 Å². The zero-order valence-corrected chi connectivity index (χ0v) is 15.1. The molecular weight excluding hydrogens is 334 g/mol. The second kappa shape index (κ2) is 5.99. The van der Waals surface area contributed by atoms with Gasteiger partial charge in [-0.1, -0.05) is 19.8 Å². The highest BCUT2D eigenvalue weighted by Gasteiger charge is 2.30. The average molecular weight is 355 g/mol. The molecule has 0 unspecified atom stereocenters. The van der Waals surface area contributed by atoms with Gasteiger partial charge in [0.05, 0.1) is 5.69 Å². The Bertz CT molecular complexity index is 899. The molecule has 8 heteroatoms. The van der Waals surface area contributed by atoms with Gasteiger partial charge in [-0.25, -0.2) is 18.1 Å². The third kappa shape index (κ3) is 2.95. The van der Waals surface area contributed by atoms with Crippen molar-refractivity contribution >= 4 is 26.3 Å². The molecule has 0 aromatic carbocycles. The number of aryl methyl sites for hydroxylation is 2. The SMILES string of the molecule is Cc1nc2scc(C)n2c(=O)c1S(=O)(=O)N[C@H]1CCCC[C@H]1C. The monoisotopic (exact) mass is 355 g/mol. The fourth-order valence-corrected chi connectivity index (χ4v) is 5.75. The number of aromatic nitrogens is 2. The Morgan fingerprint density at radius 2 is 2.00 bits per heavy atom. The number of fused-ring (bicyclic) bond motifs is 1. The Hall–Kier alpha value is -1.25. The summed E-state index contributed by atoms with van der Waals surface area (Å²) in [6.07, 6.45) is 3.96. The molecule has 0 bridgehead atoms. The average Bonchev–Trinajstić information content (AvgIpc) is 2.82. The normalized spacial score (nSPS) is 22.6. The van der Waals surface area contributed by atoms with Crippen LogP contribution in [0.5, 0.6) is 0 Å². The van der Waals surface area contributed by atoms with Crippen molar-refractivity contribution in [3.05, 3.63) is 27.1 Å². The van der Waals surface area contributed by atoms with E-state index in [1.54, 1.807) is 19.2 Å². The Kier molecular flexibility index (Phi) is 4.33. The second-order valence-corrected chi connectivity index (χ2v) is 8.80. The molecule has 6 nitrogen and oxygen atoms in total. The summed E-state index contributed by atoms with van der Waals surface area (Å²) in [5, 5.41) is 1.80. The molecule has 0 radical (unpaired) electrons. The van der Waals surface area contributed by atoms with Crippen molar-refractivity contribution in [1.82, 2.24) is 14.1 Å². The summed E-state index contributed by atoms with van der Waals surface area (Å²) in [4.78, 5) is 17.3. The van der Waals surface area contributed by atoms with E-state index in [9.17, 15) is 13.2 Å². The van der Waals surface area contributed by atoms with Gasteiger partial charge in [0.15, 0.2) is 9.86 Å². The third-order valence-corrected chi connectivity index (χ3v) is 7.12. The van der Waals surface area contributed by atoms with Crippen molar-refractivity contribution in [3.63, 3.8) is 0 Å². The first-order valence-electron chi connectivity index (χ1n) is 7.81. The summed E-state index contributed by atoms with van der Waals surface area (Å²) < 4.78 is 29.7. The number of thiazole rings is 1. The van der Waals surface area contributed by atoms with Crippen LogP contribution in [-0.2, 0) is 10.0 Å². The van der Waals surface area contributed by atoms with Crippen LogP contribution in [0.1, 0.15) is 44.0 Å². The van der Waals surface area contributed by atoms with Crippen LogP contribution in [0.15, 0.2) is 15.1 Å². The minimum atomic E-state index is -3.88. The van der Waals surface area contributed by atoms with Gasteiger partial charge in [-0.05, 0) is 32.6 Å². The molecule has 2 heterocycles. The van der Waals surface area contributed by atoms with E-state index in [0.717, 1.165) is 25.7 Å². The predicted octanol–water partition coefficient (Wildman–Crippen LogP) is 2.23. The topological polar surface area (TPSA) is 80.5 Å². The molecule has 0 amide bonds. The van der Waals surface area contributed by atoms with Crippen LogP contribution < -0.4 is 10.3 Å². The molecule has 1 N–H and O–H groups in total. The first kappa shape index (κ1) is 16.6. The largest absolute Gasteiger partial charge is 0.279 e. The van der Waals surface area contributed by atoms with E-state index in [-0.39, 0.29) is 22.5 Å². The fraction of sp³-hybridized carbons (Fsp3) is 0.600. The van der Waals surface area contributed by atoms with Crippen molar-refractivity contribution in [1.29, 1.82) is 0 Å². The standard InChI is InChI=1S/C15H21N3O3S2/c1-9-6-4-5-7-12(9)17-23(20,21)13-11(3)16-15-18(14(13)19)10(2)8-22-15/h8-9,12,17H,4-7H2,1-3H3/t9-,12+/m1/s1. The maximum Gasteiger partial charge on any atom is 0.279 e. The second-order valence-electron chi connectivity index (χ2n) is 6.32. The Morgan fingerprint density at radius 3 is 2.70 bits per heavy atom. The molecule has 1 saturated carbocycles. The lowest BCUT2D eigenvalue weighted by atomic mass is 9.87. The summed E-state index contributed by atoms with van der Waals surface area (Å²) in [7, 11) is -3.88. The number of nitrogens with zero attached hydrogens (tertiary/aromatic N) is 2. The molecule has 1 fully saturated rings. The summed E-state index contributed by atoms with van der Waals surface area (Å²) in [5.41, 5.74) is 0.444. The van der Waals surface area contributed by atoms with E-state index in [2.05, 4.69) is 16.6 Å². The van der Waals surface area contributed by atoms with Crippen molar-refractivity contribution < 1.29 is 8.42 Å². The smallest absolute Gasteiger partial charge is 0.267 e.